The van der Waals surface area contributed by atoms with Crippen molar-refractivity contribution in [1.29, 1.82) is 0 Å². The number of benzene rings is 2. The molecule has 2 heterocycles. The zero-order valence-corrected chi connectivity index (χ0v) is 19.2. The second-order valence-electron chi connectivity index (χ2n) is 6.82. The number of ether oxygens (including phenoxy) is 1. The number of halogens is 1. The van der Waals surface area contributed by atoms with E-state index in [0.29, 0.717) is 24.1 Å². The number of nitrogens with one attached hydrogen (secondary N) is 1. The van der Waals surface area contributed by atoms with Gasteiger partial charge in [0, 0.05) is 24.5 Å². The number of hydrogen-bond donors (Lipinski definition) is 1. The molecule has 1 amide bonds. The number of amides is 1. The molecule has 168 valence electrons. The number of morpholine rings is 1. The zero-order chi connectivity index (χ0) is 22.6. The number of hydrogen-bond acceptors (Lipinski definition) is 7. The molecule has 1 aliphatic heterocycles. The summed E-state index contributed by atoms with van der Waals surface area (Å²) < 4.78 is 34.2. The Kier molecular flexibility index (Phi) is 7.11. The molecule has 12 heteroatoms. The van der Waals surface area contributed by atoms with E-state index in [1.165, 1.54) is 28.2 Å². The van der Waals surface area contributed by atoms with Crippen LogP contribution in [-0.2, 0) is 19.6 Å². The van der Waals surface area contributed by atoms with Crippen molar-refractivity contribution in [3.63, 3.8) is 0 Å². The Bertz CT molecular complexity index is 1200. The van der Waals surface area contributed by atoms with Gasteiger partial charge in [0.25, 0.3) is 0 Å². The molecule has 4 rings (SSSR count). The van der Waals surface area contributed by atoms with Gasteiger partial charge < -0.3 is 10.1 Å². The molecule has 2 aromatic carbocycles. The van der Waals surface area contributed by atoms with Crippen LogP contribution in [0.15, 0.2) is 64.9 Å². The van der Waals surface area contributed by atoms with Crippen molar-refractivity contribution < 1.29 is 17.9 Å². The number of carbonyl (C=O) groups excluding carboxylic acids is 1. The van der Waals surface area contributed by atoms with Gasteiger partial charge >= 0.3 is 0 Å². The van der Waals surface area contributed by atoms with Crippen LogP contribution < -0.4 is 5.32 Å². The lowest BCUT2D eigenvalue weighted by Gasteiger charge is -2.26. The zero-order valence-electron chi connectivity index (χ0n) is 16.8. The van der Waals surface area contributed by atoms with E-state index < -0.39 is 10.0 Å². The van der Waals surface area contributed by atoms with Gasteiger partial charge in [-0.3, -0.25) is 9.36 Å². The van der Waals surface area contributed by atoms with Gasteiger partial charge in [-0.05, 0) is 30.3 Å². The first kappa shape index (κ1) is 22.7. The lowest BCUT2D eigenvalue weighted by Crippen LogP contribution is -2.40. The van der Waals surface area contributed by atoms with Crippen LogP contribution in [0.2, 0.25) is 5.02 Å². The predicted octanol–water partition coefficient (Wildman–Crippen LogP) is 2.67. The molecule has 0 aliphatic carbocycles. The van der Waals surface area contributed by atoms with Crippen LogP contribution in [-0.4, -0.2) is 65.5 Å². The van der Waals surface area contributed by atoms with Crippen molar-refractivity contribution in [2.24, 2.45) is 0 Å². The third kappa shape index (κ3) is 5.13. The van der Waals surface area contributed by atoms with Crippen molar-refractivity contribution in [2.75, 3.05) is 37.4 Å². The van der Waals surface area contributed by atoms with Crippen molar-refractivity contribution in [2.45, 2.75) is 10.1 Å². The molecule has 0 spiro atoms. The predicted molar refractivity (Wildman–Crippen MR) is 122 cm³/mol. The van der Waals surface area contributed by atoms with E-state index in [1.54, 1.807) is 17.0 Å². The second kappa shape index (κ2) is 10.0. The number of carbonyl (C=O) groups is 1. The molecular formula is C20H20ClN5O4S2. The first-order valence-electron chi connectivity index (χ1n) is 9.71. The number of nitrogens with zero attached hydrogens (tertiary/aromatic N) is 4. The van der Waals surface area contributed by atoms with E-state index in [1.807, 2.05) is 30.3 Å². The van der Waals surface area contributed by atoms with Crippen molar-refractivity contribution in [3.05, 3.63) is 59.9 Å². The van der Waals surface area contributed by atoms with Crippen LogP contribution >= 0.6 is 23.4 Å². The van der Waals surface area contributed by atoms with Crippen LogP contribution in [0.1, 0.15) is 0 Å². The molecule has 1 saturated heterocycles. The molecule has 3 aromatic rings. The highest BCUT2D eigenvalue weighted by Crippen LogP contribution is 2.28. The Hall–Kier alpha value is -2.44. The van der Waals surface area contributed by atoms with Gasteiger partial charge in [0.05, 0.1) is 24.0 Å². The monoisotopic (exact) mass is 493 g/mol. The molecule has 1 aromatic heterocycles. The van der Waals surface area contributed by atoms with E-state index in [9.17, 15) is 13.2 Å². The summed E-state index contributed by atoms with van der Waals surface area (Å²) in [5.41, 5.74) is 1.23. The number of aromatic nitrogens is 3. The number of rotatable bonds is 7. The molecule has 1 N–H and O–H groups in total. The minimum absolute atomic E-state index is 0.0460. The maximum absolute atomic E-state index is 13.0. The Labute approximate surface area is 194 Å². The fourth-order valence-corrected chi connectivity index (χ4v) is 5.76. The quantitative estimate of drug-likeness (QED) is 0.504. The smallest absolute Gasteiger partial charge is 0.244 e. The van der Waals surface area contributed by atoms with Crippen molar-refractivity contribution in [1.82, 2.24) is 19.1 Å². The molecule has 0 unspecified atom stereocenters. The molecular weight excluding hydrogens is 474 g/mol. The summed E-state index contributed by atoms with van der Waals surface area (Å²) in [6.45, 7) is 1.18. The van der Waals surface area contributed by atoms with E-state index in [4.69, 9.17) is 16.3 Å². The van der Waals surface area contributed by atoms with Gasteiger partial charge in [0.15, 0.2) is 5.16 Å². The standard InChI is InChI=1S/C20H20ClN5O4S2/c21-17-7-6-15(12-18(17)32(28,29)25-8-10-30-11-9-25)23-19(27)13-31-20-24-22-14-26(20)16-4-2-1-3-5-16/h1-7,12,14H,8-11,13H2,(H,23,27). The summed E-state index contributed by atoms with van der Waals surface area (Å²) in [7, 11) is -3.79. The van der Waals surface area contributed by atoms with Gasteiger partial charge in [-0.25, -0.2) is 8.42 Å². The minimum Gasteiger partial charge on any atom is -0.379 e. The third-order valence-corrected chi connectivity index (χ3v) is 8.01. The van der Waals surface area contributed by atoms with Crippen LogP contribution in [0.3, 0.4) is 0 Å². The van der Waals surface area contributed by atoms with Crippen LogP contribution in [0, 0.1) is 0 Å². The van der Waals surface area contributed by atoms with Gasteiger partial charge in [-0.1, -0.05) is 41.6 Å². The summed E-state index contributed by atoms with van der Waals surface area (Å²) in [6, 6.07) is 13.9. The highest BCUT2D eigenvalue weighted by molar-refractivity contribution is 7.99. The molecule has 0 saturated carbocycles. The Balaban J connectivity index is 1.43. The molecule has 0 radical (unpaired) electrons. The molecule has 32 heavy (non-hydrogen) atoms. The Morgan fingerprint density at radius 1 is 1.16 bits per heavy atom. The average Bonchev–Trinajstić information content (AvgIpc) is 3.29. The van der Waals surface area contributed by atoms with Gasteiger partial charge in [-0.2, -0.15) is 4.31 Å². The van der Waals surface area contributed by atoms with Crippen molar-refractivity contribution in [3.8, 4) is 5.69 Å². The number of thioether (sulfide) groups is 1. The molecule has 9 nitrogen and oxygen atoms in total. The SMILES string of the molecule is O=C(CSc1nncn1-c1ccccc1)Nc1ccc(Cl)c(S(=O)(=O)N2CCOCC2)c1. The van der Waals surface area contributed by atoms with E-state index in [2.05, 4.69) is 15.5 Å². The topological polar surface area (TPSA) is 106 Å². The summed E-state index contributed by atoms with van der Waals surface area (Å²) in [5.74, 6) is -0.241. The van der Waals surface area contributed by atoms with Gasteiger partial charge in [0.2, 0.25) is 15.9 Å². The van der Waals surface area contributed by atoms with Gasteiger partial charge in [-0.15, -0.1) is 10.2 Å². The minimum atomic E-state index is -3.79. The first-order chi connectivity index (χ1) is 15.4. The Morgan fingerprint density at radius 2 is 1.91 bits per heavy atom. The summed E-state index contributed by atoms with van der Waals surface area (Å²) in [4.78, 5) is 12.5. The summed E-state index contributed by atoms with van der Waals surface area (Å²) >= 11 is 7.39. The summed E-state index contributed by atoms with van der Waals surface area (Å²) in [6.07, 6.45) is 1.58. The maximum atomic E-state index is 13.0. The largest absolute Gasteiger partial charge is 0.379 e. The van der Waals surface area contributed by atoms with E-state index in [-0.39, 0.29) is 34.7 Å². The molecule has 1 fully saturated rings. The van der Waals surface area contributed by atoms with Crippen LogP contribution in [0.25, 0.3) is 5.69 Å². The molecule has 0 atom stereocenters. The molecule has 1 aliphatic rings. The average molecular weight is 494 g/mol. The lowest BCUT2D eigenvalue weighted by molar-refractivity contribution is -0.113. The first-order valence-corrected chi connectivity index (χ1v) is 12.5. The van der Waals surface area contributed by atoms with E-state index in [0.717, 1.165) is 5.69 Å². The lowest BCUT2D eigenvalue weighted by atomic mass is 10.3. The Morgan fingerprint density at radius 3 is 2.66 bits per heavy atom. The molecule has 0 bridgehead atoms. The van der Waals surface area contributed by atoms with Crippen LogP contribution in [0.4, 0.5) is 5.69 Å². The maximum Gasteiger partial charge on any atom is 0.244 e. The number of sulfonamides is 1. The number of para-hydroxylation sites is 1. The fraction of sp³-hybridized carbons (Fsp3) is 0.250. The van der Waals surface area contributed by atoms with Crippen LogP contribution in [0.5, 0.6) is 0 Å². The van der Waals surface area contributed by atoms with Crippen molar-refractivity contribution >= 4 is 45.0 Å². The fourth-order valence-electron chi connectivity index (χ4n) is 3.12. The van der Waals surface area contributed by atoms with Gasteiger partial charge in [0.1, 0.15) is 11.2 Å². The normalized spacial score (nSPS) is 14.9. The third-order valence-electron chi connectivity index (χ3n) is 4.69. The summed E-state index contributed by atoms with van der Waals surface area (Å²) in [5, 5.41) is 11.4. The second-order valence-corrected chi connectivity index (χ2v) is 10.1. The highest BCUT2D eigenvalue weighted by atomic mass is 35.5. The van der Waals surface area contributed by atoms with E-state index >= 15 is 0 Å². The number of anilines is 1. The highest BCUT2D eigenvalue weighted by Gasteiger charge is 2.28.